The average molecular weight is 268 g/mol. The van der Waals surface area contributed by atoms with Crippen LogP contribution in [-0.4, -0.2) is 15.6 Å². The molecule has 0 aliphatic rings. The monoisotopic (exact) mass is 268 g/mol. The van der Waals surface area contributed by atoms with E-state index < -0.39 is 0 Å². The van der Waals surface area contributed by atoms with Gasteiger partial charge in [0.25, 0.3) is 6.33 Å². The molecule has 5 nitrogen and oxygen atoms in total. The lowest BCUT2D eigenvalue weighted by molar-refractivity contribution is -0.639. The van der Waals surface area contributed by atoms with Gasteiger partial charge in [-0.3, -0.25) is 10.6 Å². The van der Waals surface area contributed by atoms with Crippen molar-refractivity contribution in [3.63, 3.8) is 0 Å². The molecule has 0 bridgehead atoms. The third kappa shape index (κ3) is 3.30. The Hall–Kier alpha value is -0.660. The van der Waals surface area contributed by atoms with Gasteiger partial charge in [0.1, 0.15) is 0 Å². The van der Waals surface area contributed by atoms with E-state index in [0.717, 1.165) is 0 Å². The van der Waals surface area contributed by atoms with Gasteiger partial charge in [0.05, 0.1) is 0 Å². The van der Waals surface area contributed by atoms with Crippen LogP contribution < -0.4 is 34.5 Å². The van der Waals surface area contributed by atoms with E-state index in [1.54, 1.807) is 6.33 Å². The van der Waals surface area contributed by atoms with E-state index in [-0.39, 0.29) is 36.3 Å². The predicted molar refractivity (Wildman–Crippen MR) is 33.3 cm³/mol. The van der Waals surface area contributed by atoms with Crippen LogP contribution in [0.2, 0.25) is 0 Å². The molecule has 1 aromatic rings. The van der Waals surface area contributed by atoms with Crippen LogP contribution in [0.25, 0.3) is 0 Å². The van der Waals surface area contributed by atoms with Crippen molar-refractivity contribution in [3.8, 4) is 0 Å². The highest BCUT2D eigenvalue weighted by Crippen LogP contribution is 1.77. The van der Waals surface area contributed by atoms with Crippen molar-refractivity contribution in [3.05, 3.63) is 12.7 Å². The van der Waals surface area contributed by atoms with Gasteiger partial charge in [-0.25, -0.2) is 0 Å². The smallest absolute Gasteiger partial charge is 0.286 e. The second-order valence-corrected chi connectivity index (χ2v) is 2.09. The Balaban J connectivity index is 0.000001000. The van der Waals surface area contributed by atoms with Gasteiger partial charge in [0.2, 0.25) is 6.33 Å². The molecule has 1 rings (SSSR count). The van der Waals surface area contributed by atoms with Gasteiger partial charge in [-0.15, -0.1) is 9.36 Å². The van der Waals surface area contributed by atoms with E-state index in [9.17, 15) is 4.79 Å². The summed E-state index contributed by atoms with van der Waals surface area (Å²) >= 11 is 0. The standard InChI is InChI=1S/C5H9N4O.HI/c1-5(10)2-9-4-8(6)3-7-9;/h3-4H,2,6H2,1H3;1H/q+1;/p-1. The SMILES string of the molecule is CC(=O)Cn1c[n+](N)cn1.[I-]. The minimum absolute atomic E-state index is 0. The van der Waals surface area contributed by atoms with E-state index in [1.165, 1.54) is 22.6 Å². The molecule has 62 valence electrons. The van der Waals surface area contributed by atoms with Gasteiger partial charge >= 0.3 is 0 Å². The van der Waals surface area contributed by atoms with Crippen LogP contribution in [0.1, 0.15) is 6.92 Å². The number of ketones is 1. The molecule has 1 aromatic heterocycles. The maximum Gasteiger partial charge on any atom is 0.286 e. The Morgan fingerprint density at radius 3 is 2.82 bits per heavy atom. The maximum absolute atomic E-state index is 10.5. The zero-order valence-corrected chi connectivity index (χ0v) is 8.22. The van der Waals surface area contributed by atoms with Crippen molar-refractivity contribution in [2.75, 3.05) is 5.84 Å². The fraction of sp³-hybridized carbons (Fsp3) is 0.400. The highest BCUT2D eigenvalue weighted by atomic mass is 127. The number of aromatic nitrogens is 3. The van der Waals surface area contributed by atoms with Crippen LogP contribution in [0.4, 0.5) is 0 Å². The summed E-state index contributed by atoms with van der Waals surface area (Å²) in [7, 11) is 0. The molecule has 0 spiro atoms. The van der Waals surface area contributed by atoms with Crippen LogP contribution in [-0.2, 0) is 11.3 Å². The molecule has 6 heteroatoms. The number of hydrogen-bond acceptors (Lipinski definition) is 3. The molecular formula is C5H9IN4O. The molecule has 0 saturated heterocycles. The van der Waals surface area contributed by atoms with E-state index in [4.69, 9.17) is 5.84 Å². The van der Waals surface area contributed by atoms with Gasteiger partial charge in [0, 0.05) is 5.10 Å². The molecule has 0 aliphatic heterocycles. The lowest BCUT2D eigenvalue weighted by Crippen LogP contribution is -3.00. The second-order valence-electron chi connectivity index (χ2n) is 2.09. The van der Waals surface area contributed by atoms with Gasteiger partial charge in [0.15, 0.2) is 12.3 Å². The lowest BCUT2D eigenvalue weighted by Gasteiger charge is -1.83. The van der Waals surface area contributed by atoms with Crippen molar-refractivity contribution < 1.29 is 33.4 Å². The van der Waals surface area contributed by atoms with Gasteiger partial charge < -0.3 is 24.0 Å². The first-order valence-corrected chi connectivity index (χ1v) is 2.86. The Labute approximate surface area is 81.2 Å². The minimum atomic E-state index is 0. The van der Waals surface area contributed by atoms with Crippen molar-refractivity contribution >= 4 is 5.78 Å². The number of Topliss-reactive ketones (excluding diaryl/α,β-unsaturated/α-hetero) is 1. The molecule has 0 unspecified atom stereocenters. The summed E-state index contributed by atoms with van der Waals surface area (Å²) in [5, 5.41) is 3.79. The fourth-order valence-electron chi connectivity index (χ4n) is 0.649. The van der Waals surface area contributed by atoms with Crippen LogP contribution in [0.3, 0.4) is 0 Å². The highest BCUT2D eigenvalue weighted by Gasteiger charge is 2.04. The predicted octanol–water partition coefficient (Wildman–Crippen LogP) is -4.52. The van der Waals surface area contributed by atoms with Crippen molar-refractivity contribution in [1.82, 2.24) is 9.78 Å². The third-order valence-corrected chi connectivity index (χ3v) is 0.985. The quantitative estimate of drug-likeness (QED) is 0.334. The van der Waals surface area contributed by atoms with E-state index >= 15 is 0 Å². The molecule has 0 amide bonds. The van der Waals surface area contributed by atoms with E-state index in [0.29, 0.717) is 0 Å². The third-order valence-electron chi connectivity index (χ3n) is 0.985. The number of nitrogens with zero attached hydrogens (tertiary/aromatic N) is 3. The van der Waals surface area contributed by atoms with Crippen molar-refractivity contribution in [1.29, 1.82) is 0 Å². The summed E-state index contributed by atoms with van der Waals surface area (Å²) < 4.78 is 2.77. The average Bonchev–Trinajstić information content (AvgIpc) is 2.13. The first-order valence-electron chi connectivity index (χ1n) is 2.86. The van der Waals surface area contributed by atoms with Crippen LogP contribution in [0.5, 0.6) is 0 Å². The Morgan fingerprint density at radius 1 is 1.82 bits per heavy atom. The maximum atomic E-state index is 10.5. The summed E-state index contributed by atoms with van der Waals surface area (Å²) in [5.74, 6) is 5.34. The molecule has 2 N–H and O–H groups in total. The Bertz CT molecular complexity index is 246. The van der Waals surface area contributed by atoms with Crippen molar-refractivity contribution in [2.24, 2.45) is 0 Å². The van der Waals surface area contributed by atoms with Crippen LogP contribution in [0.15, 0.2) is 12.7 Å². The molecule has 1 heterocycles. The zero-order chi connectivity index (χ0) is 7.56. The second kappa shape index (κ2) is 4.27. The topological polar surface area (TPSA) is 64.8 Å². The summed E-state index contributed by atoms with van der Waals surface area (Å²) in [4.78, 5) is 10.5. The Kier molecular flexibility index (Phi) is 4.01. The lowest BCUT2D eigenvalue weighted by atomic mass is 10.5. The van der Waals surface area contributed by atoms with Crippen molar-refractivity contribution in [2.45, 2.75) is 13.5 Å². The van der Waals surface area contributed by atoms with E-state index in [2.05, 4.69) is 5.10 Å². The van der Waals surface area contributed by atoms with E-state index in [1.807, 2.05) is 0 Å². The molecule has 11 heavy (non-hydrogen) atoms. The number of nitrogen functional groups attached to an aromatic ring is 1. The molecule has 0 saturated carbocycles. The number of nitrogens with two attached hydrogens (primary N) is 1. The highest BCUT2D eigenvalue weighted by molar-refractivity contribution is 5.75. The molecule has 0 aliphatic carbocycles. The van der Waals surface area contributed by atoms with Crippen LogP contribution in [0, 0.1) is 0 Å². The normalized spacial score (nSPS) is 8.82. The number of rotatable bonds is 2. The Morgan fingerprint density at radius 2 is 2.45 bits per heavy atom. The number of hydrogen-bond donors (Lipinski definition) is 1. The van der Waals surface area contributed by atoms with Gasteiger partial charge in [-0.1, -0.05) is 0 Å². The molecular weight excluding hydrogens is 259 g/mol. The van der Waals surface area contributed by atoms with Gasteiger partial charge in [-0.2, -0.15) is 0 Å². The summed E-state index contributed by atoms with van der Waals surface area (Å²) in [6.45, 7) is 1.78. The zero-order valence-electron chi connectivity index (χ0n) is 6.07. The summed E-state index contributed by atoms with van der Waals surface area (Å²) in [6, 6.07) is 0. The molecule has 0 aromatic carbocycles. The van der Waals surface area contributed by atoms with Gasteiger partial charge in [-0.05, 0) is 6.92 Å². The minimum Gasteiger partial charge on any atom is -1.00 e. The number of carbonyl (C=O) groups is 1. The van der Waals surface area contributed by atoms with Crippen LogP contribution >= 0.6 is 0 Å². The first kappa shape index (κ1) is 10.3. The summed E-state index contributed by atoms with van der Waals surface area (Å²) in [6.07, 6.45) is 2.98. The molecule has 0 atom stereocenters. The molecule has 0 radical (unpaired) electrons. The largest absolute Gasteiger partial charge is 1.00 e. The number of halogens is 1. The molecule has 0 fully saturated rings. The fourth-order valence-corrected chi connectivity index (χ4v) is 0.649. The summed E-state index contributed by atoms with van der Waals surface area (Å²) in [5.41, 5.74) is 0. The first-order chi connectivity index (χ1) is 4.68. The number of carbonyl (C=O) groups excluding carboxylic acids is 1.